The lowest BCUT2D eigenvalue weighted by atomic mass is 10.3. The number of nitrogens with one attached hydrogen (secondary N) is 1. The highest BCUT2D eigenvalue weighted by Gasteiger charge is 2.12. The number of hydrogen-bond acceptors (Lipinski definition) is 3. The largest absolute Gasteiger partial charge is 0.377 e. The Bertz CT molecular complexity index is 196. The van der Waals surface area contributed by atoms with Crippen molar-refractivity contribution in [2.75, 3.05) is 19.8 Å². The molecule has 1 atom stereocenters. The van der Waals surface area contributed by atoms with Crippen molar-refractivity contribution in [2.24, 2.45) is 0 Å². The van der Waals surface area contributed by atoms with Gasteiger partial charge in [-0.1, -0.05) is 13.5 Å². The van der Waals surface area contributed by atoms with Crippen LogP contribution in [0.1, 0.15) is 27.2 Å². The average Bonchev–Trinajstić information content (AvgIpc) is 2.21. The molecule has 0 aromatic carbocycles. The molecule has 0 aliphatic carbocycles. The minimum absolute atomic E-state index is 0.198. The van der Waals surface area contributed by atoms with Gasteiger partial charge >= 0.3 is 0 Å². The zero-order chi connectivity index (χ0) is 11.7. The standard InChI is InChI=1S/C11H21NO3/c1-5-7-15-10(8-14-6-2)12-11(13)9(3)4/h10H,3,5-8H2,1-2,4H3,(H,12,13). The third-order valence-electron chi connectivity index (χ3n) is 1.68. The van der Waals surface area contributed by atoms with Crippen molar-refractivity contribution in [1.82, 2.24) is 5.32 Å². The highest BCUT2D eigenvalue weighted by molar-refractivity contribution is 5.92. The first-order valence-corrected chi connectivity index (χ1v) is 5.27. The molecule has 0 aliphatic rings. The molecule has 1 unspecified atom stereocenters. The van der Waals surface area contributed by atoms with Crippen LogP contribution >= 0.6 is 0 Å². The fraction of sp³-hybridized carbons (Fsp3) is 0.727. The normalized spacial score (nSPS) is 12.2. The summed E-state index contributed by atoms with van der Waals surface area (Å²) >= 11 is 0. The number of amides is 1. The Morgan fingerprint density at radius 3 is 2.60 bits per heavy atom. The second-order valence-electron chi connectivity index (χ2n) is 3.27. The summed E-state index contributed by atoms with van der Waals surface area (Å²) in [4.78, 5) is 11.3. The van der Waals surface area contributed by atoms with E-state index in [0.717, 1.165) is 6.42 Å². The number of carbonyl (C=O) groups excluding carboxylic acids is 1. The molecule has 88 valence electrons. The van der Waals surface area contributed by atoms with Crippen molar-refractivity contribution < 1.29 is 14.3 Å². The number of hydrogen-bond donors (Lipinski definition) is 1. The van der Waals surface area contributed by atoms with Crippen molar-refractivity contribution in [3.8, 4) is 0 Å². The van der Waals surface area contributed by atoms with Crippen molar-refractivity contribution in [3.63, 3.8) is 0 Å². The Morgan fingerprint density at radius 1 is 1.47 bits per heavy atom. The Labute approximate surface area is 91.6 Å². The number of carbonyl (C=O) groups is 1. The topological polar surface area (TPSA) is 47.6 Å². The number of ether oxygens (including phenoxy) is 2. The molecule has 1 N–H and O–H groups in total. The van der Waals surface area contributed by atoms with Crippen molar-refractivity contribution in [1.29, 1.82) is 0 Å². The van der Waals surface area contributed by atoms with E-state index >= 15 is 0 Å². The maximum atomic E-state index is 11.3. The van der Waals surface area contributed by atoms with Gasteiger partial charge in [0.1, 0.15) is 0 Å². The zero-order valence-electron chi connectivity index (χ0n) is 9.84. The predicted octanol–water partition coefficient (Wildman–Crippen LogP) is 1.47. The molecule has 0 aromatic heterocycles. The summed E-state index contributed by atoms with van der Waals surface area (Å²) in [6.45, 7) is 10.7. The molecule has 1 amide bonds. The SMILES string of the molecule is C=C(C)C(=O)NC(COCC)OCCC. The maximum Gasteiger partial charge on any atom is 0.248 e. The van der Waals surface area contributed by atoms with Gasteiger partial charge in [-0.05, 0) is 20.3 Å². The van der Waals surface area contributed by atoms with Crippen LogP contribution in [0, 0.1) is 0 Å². The van der Waals surface area contributed by atoms with Gasteiger partial charge in [-0.3, -0.25) is 4.79 Å². The summed E-state index contributed by atoms with van der Waals surface area (Å²) in [6, 6.07) is 0. The molecule has 0 bridgehead atoms. The monoisotopic (exact) mass is 215 g/mol. The molecule has 0 heterocycles. The molecule has 0 rings (SSSR count). The second kappa shape index (κ2) is 8.44. The first-order chi connectivity index (χ1) is 7.11. The van der Waals surface area contributed by atoms with Gasteiger partial charge in [-0.25, -0.2) is 0 Å². The van der Waals surface area contributed by atoms with E-state index in [9.17, 15) is 4.79 Å². The fourth-order valence-electron chi connectivity index (χ4n) is 0.886. The summed E-state index contributed by atoms with van der Waals surface area (Å²) < 4.78 is 10.6. The van der Waals surface area contributed by atoms with Crippen LogP contribution in [0.15, 0.2) is 12.2 Å². The Kier molecular flexibility index (Phi) is 7.95. The molecule has 0 fully saturated rings. The van der Waals surface area contributed by atoms with E-state index in [0.29, 0.717) is 25.4 Å². The van der Waals surface area contributed by atoms with Gasteiger partial charge in [0.15, 0.2) is 6.23 Å². The minimum atomic E-state index is -0.380. The van der Waals surface area contributed by atoms with Gasteiger partial charge in [0.25, 0.3) is 0 Å². The van der Waals surface area contributed by atoms with Crippen LogP contribution in [-0.2, 0) is 14.3 Å². The Morgan fingerprint density at radius 2 is 2.13 bits per heavy atom. The third kappa shape index (κ3) is 7.11. The molecule has 0 spiro atoms. The van der Waals surface area contributed by atoms with Crippen LogP contribution in [0.2, 0.25) is 0 Å². The van der Waals surface area contributed by atoms with Crippen molar-refractivity contribution in [2.45, 2.75) is 33.4 Å². The molecule has 4 heteroatoms. The van der Waals surface area contributed by atoms with Crippen LogP contribution in [0.25, 0.3) is 0 Å². The molecule has 0 saturated carbocycles. The fourth-order valence-corrected chi connectivity index (χ4v) is 0.886. The summed E-state index contributed by atoms with van der Waals surface area (Å²) in [5, 5.41) is 2.70. The summed E-state index contributed by atoms with van der Waals surface area (Å²) in [6.07, 6.45) is 0.528. The molecule has 0 aromatic rings. The molecular weight excluding hydrogens is 194 g/mol. The van der Waals surface area contributed by atoms with Crippen LogP contribution in [-0.4, -0.2) is 32.0 Å². The summed E-state index contributed by atoms with van der Waals surface area (Å²) in [5.41, 5.74) is 0.469. The maximum absolute atomic E-state index is 11.3. The molecule has 4 nitrogen and oxygen atoms in total. The number of rotatable bonds is 8. The van der Waals surface area contributed by atoms with Gasteiger partial charge < -0.3 is 14.8 Å². The highest BCUT2D eigenvalue weighted by atomic mass is 16.5. The smallest absolute Gasteiger partial charge is 0.248 e. The lowest BCUT2D eigenvalue weighted by molar-refractivity contribution is -0.124. The van der Waals surface area contributed by atoms with Gasteiger partial charge in [0.05, 0.1) is 6.61 Å². The lowest BCUT2D eigenvalue weighted by Crippen LogP contribution is -2.40. The van der Waals surface area contributed by atoms with Gasteiger partial charge in [-0.2, -0.15) is 0 Å². The zero-order valence-corrected chi connectivity index (χ0v) is 9.84. The van der Waals surface area contributed by atoms with Crippen LogP contribution in [0.5, 0.6) is 0 Å². The first kappa shape index (κ1) is 14.1. The van der Waals surface area contributed by atoms with E-state index < -0.39 is 0 Å². The van der Waals surface area contributed by atoms with Gasteiger partial charge in [-0.15, -0.1) is 0 Å². The molecule has 0 radical (unpaired) electrons. The molecule has 0 aliphatic heterocycles. The van der Waals surface area contributed by atoms with Gasteiger partial charge in [0, 0.05) is 18.8 Å². The minimum Gasteiger partial charge on any atom is -0.377 e. The lowest BCUT2D eigenvalue weighted by Gasteiger charge is -2.18. The highest BCUT2D eigenvalue weighted by Crippen LogP contribution is 1.95. The van der Waals surface area contributed by atoms with E-state index in [1.807, 2.05) is 13.8 Å². The average molecular weight is 215 g/mol. The molecule has 0 saturated heterocycles. The predicted molar refractivity (Wildman–Crippen MR) is 59.5 cm³/mol. The van der Waals surface area contributed by atoms with E-state index in [2.05, 4.69) is 11.9 Å². The van der Waals surface area contributed by atoms with Crippen molar-refractivity contribution >= 4 is 5.91 Å². The van der Waals surface area contributed by atoms with Crippen LogP contribution in [0.3, 0.4) is 0 Å². The van der Waals surface area contributed by atoms with Crippen LogP contribution in [0.4, 0.5) is 0 Å². The summed E-state index contributed by atoms with van der Waals surface area (Å²) in [7, 11) is 0. The molecule has 15 heavy (non-hydrogen) atoms. The van der Waals surface area contributed by atoms with Crippen LogP contribution < -0.4 is 5.32 Å². The van der Waals surface area contributed by atoms with E-state index in [1.54, 1.807) is 6.92 Å². The van der Waals surface area contributed by atoms with Crippen molar-refractivity contribution in [3.05, 3.63) is 12.2 Å². The third-order valence-corrected chi connectivity index (χ3v) is 1.68. The van der Waals surface area contributed by atoms with E-state index in [1.165, 1.54) is 0 Å². The van der Waals surface area contributed by atoms with E-state index in [-0.39, 0.29) is 12.1 Å². The quantitative estimate of drug-likeness (QED) is 0.492. The second-order valence-corrected chi connectivity index (χ2v) is 3.27. The molecular formula is C11H21NO3. The van der Waals surface area contributed by atoms with Gasteiger partial charge in [0.2, 0.25) is 5.91 Å². The Hall–Kier alpha value is -0.870. The first-order valence-electron chi connectivity index (χ1n) is 5.27. The van der Waals surface area contributed by atoms with E-state index in [4.69, 9.17) is 9.47 Å². The Balaban J connectivity index is 3.98. The summed E-state index contributed by atoms with van der Waals surface area (Å²) in [5.74, 6) is -0.198.